The molecule has 1 rings (SSSR count). The van der Waals surface area contributed by atoms with Gasteiger partial charge in [-0.2, -0.15) is 0 Å². The maximum absolute atomic E-state index is 11.8. The van der Waals surface area contributed by atoms with Gasteiger partial charge in [-0.3, -0.25) is 4.79 Å². The first kappa shape index (κ1) is 16.4. The smallest absolute Gasteiger partial charge is 0.318 e. The van der Waals surface area contributed by atoms with E-state index in [0.29, 0.717) is 17.1 Å². The van der Waals surface area contributed by atoms with Crippen LogP contribution >= 0.6 is 11.8 Å². The fourth-order valence-electron chi connectivity index (χ4n) is 1.31. The van der Waals surface area contributed by atoms with E-state index in [-0.39, 0.29) is 16.7 Å². The SMILES string of the molecule is CNC(=O)Nc1ccc(NC(=O)CSC(C)(C)C)cc1. The molecule has 0 heterocycles. The molecule has 0 spiro atoms. The first-order valence-corrected chi connectivity index (χ1v) is 7.31. The van der Waals surface area contributed by atoms with Crippen molar-refractivity contribution in [3.05, 3.63) is 24.3 Å². The maximum atomic E-state index is 11.8. The standard InChI is InChI=1S/C14H21N3O2S/c1-14(2,3)20-9-12(18)16-10-5-7-11(8-6-10)17-13(19)15-4/h5-8H,9H2,1-4H3,(H,16,18)(H2,15,17,19). The number of hydrogen-bond acceptors (Lipinski definition) is 3. The number of benzene rings is 1. The van der Waals surface area contributed by atoms with Crippen LogP contribution in [0.15, 0.2) is 24.3 Å². The van der Waals surface area contributed by atoms with Gasteiger partial charge in [0.05, 0.1) is 5.75 Å². The summed E-state index contributed by atoms with van der Waals surface area (Å²) in [6.45, 7) is 6.22. The Kier molecular flexibility index (Phi) is 5.88. The number of carbonyl (C=O) groups is 2. The quantitative estimate of drug-likeness (QED) is 0.800. The van der Waals surface area contributed by atoms with E-state index in [1.54, 1.807) is 43.1 Å². The van der Waals surface area contributed by atoms with Crippen LogP contribution in [-0.2, 0) is 4.79 Å². The second kappa shape index (κ2) is 7.19. The zero-order valence-corrected chi connectivity index (χ0v) is 13.1. The average Bonchev–Trinajstić information content (AvgIpc) is 2.38. The van der Waals surface area contributed by atoms with Gasteiger partial charge in [0.2, 0.25) is 5.91 Å². The fourth-order valence-corrected chi connectivity index (χ4v) is 1.95. The second-order valence-corrected chi connectivity index (χ2v) is 7.03. The molecular weight excluding hydrogens is 274 g/mol. The topological polar surface area (TPSA) is 70.2 Å². The average molecular weight is 295 g/mol. The number of amides is 3. The highest BCUT2D eigenvalue weighted by Gasteiger charge is 2.13. The number of nitrogens with one attached hydrogen (secondary N) is 3. The van der Waals surface area contributed by atoms with E-state index >= 15 is 0 Å². The van der Waals surface area contributed by atoms with Crippen molar-refractivity contribution in [1.82, 2.24) is 5.32 Å². The van der Waals surface area contributed by atoms with Gasteiger partial charge in [-0.15, -0.1) is 11.8 Å². The maximum Gasteiger partial charge on any atom is 0.318 e. The number of hydrogen-bond donors (Lipinski definition) is 3. The third-order valence-electron chi connectivity index (χ3n) is 2.29. The number of carbonyl (C=O) groups excluding carboxylic acids is 2. The molecule has 6 heteroatoms. The molecule has 0 saturated carbocycles. The minimum atomic E-state index is -0.275. The molecule has 0 atom stereocenters. The zero-order chi connectivity index (χ0) is 15.2. The van der Waals surface area contributed by atoms with Crippen molar-refractivity contribution < 1.29 is 9.59 Å². The predicted octanol–water partition coefficient (Wildman–Crippen LogP) is 2.91. The van der Waals surface area contributed by atoms with Gasteiger partial charge in [0, 0.05) is 23.2 Å². The Morgan fingerprint density at radius 1 is 1.05 bits per heavy atom. The fraction of sp³-hybridized carbons (Fsp3) is 0.429. The molecule has 0 radical (unpaired) electrons. The highest BCUT2D eigenvalue weighted by Crippen LogP contribution is 2.23. The Morgan fingerprint density at radius 2 is 1.55 bits per heavy atom. The summed E-state index contributed by atoms with van der Waals surface area (Å²) in [4.78, 5) is 22.9. The summed E-state index contributed by atoms with van der Waals surface area (Å²) in [5, 5.41) is 7.94. The highest BCUT2D eigenvalue weighted by molar-refractivity contribution is 8.01. The van der Waals surface area contributed by atoms with Gasteiger partial charge in [0.1, 0.15) is 0 Å². The molecule has 1 aromatic carbocycles. The van der Waals surface area contributed by atoms with Crippen LogP contribution in [0.1, 0.15) is 20.8 Å². The lowest BCUT2D eigenvalue weighted by atomic mass is 10.3. The monoisotopic (exact) mass is 295 g/mol. The molecule has 0 unspecified atom stereocenters. The van der Waals surface area contributed by atoms with E-state index in [1.807, 2.05) is 0 Å². The molecule has 0 bridgehead atoms. The molecular formula is C14H21N3O2S. The molecule has 0 aliphatic carbocycles. The van der Waals surface area contributed by atoms with E-state index in [9.17, 15) is 9.59 Å². The number of anilines is 2. The Hall–Kier alpha value is -1.69. The zero-order valence-electron chi connectivity index (χ0n) is 12.2. The van der Waals surface area contributed by atoms with Crippen molar-refractivity contribution in [2.45, 2.75) is 25.5 Å². The molecule has 3 N–H and O–H groups in total. The molecule has 5 nitrogen and oxygen atoms in total. The van der Waals surface area contributed by atoms with Crippen LogP contribution in [0, 0.1) is 0 Å². The highest BCUT2D eigenvalue weighted by atomic mass is 32.2. The second-order valence-electron chi connectivity index (χ2n) is 5.23. The molecule has 20 heavy (non-hydrogen) atoms. The Balaban J connectivity index is 2.49. The molecule has 1 aromatic rings. The lowest BCUT2D eigenvalue weighted by Gasteiger charge is -2.17. The van der Waals surface area contributed by atoms with Gasteiger partial charge in [-0.25, -0.2) is 4.79 Å². The number of thioether (sulfide) groups is 1. The van der Waals surface area contributed by atoms with Gasteiger partial charge in [0.15, 0.2) is 0 Å². The summed E-state index contributed by atoms with van der Waals surface area (Å²) in [5.41, 5.74) is 1.39. The van der Waals surface area contributed by atoms with Crippen molar-refractivity contribution >= 4 is 35.1 Å². The van der Waals surface area contributed by atoms with Crippen LogP contribution in [0.2, 0.25) is 0 Å². The van der Waals surface area contributed by atoms with Crippen molar-refractivity contribution in [3.8, 4) is 0 Å². The van der Waals surface area contributed by atoms with Crippen molar-refractivity contribution in [2.24, 2.45) is 0 Å². The molecule has 3 amide bonds. The van der Waals surface area contributed by atoms with E-state index in [4.69, 9.17) is 0 Å². The largest absolute Gasteiger partial charge is 0.341 e. The first-order valence-electron chi connectivity index (χ1n) is 6.33. The summed E-state index contributed by atoms with van der Waals surface area (Å²) in [6, 6.07) is 6.71. The van der Waals surface area contributed by atoms with E-state index in [0.717, 1.165) is 0 Å². The molecule has 0 fully saturated rings. The Bertz CT molecular complexity index is 466. The normalized spacial score (nSPS) is 10.8. The van der Waals surface area contributed by atoms with Gasteiger partial charge < -0.3 is 16.0 Å². The summed E-state index contributed by atoms with van der Waals surface area (Å²) in [5.74, 6) is 0.388. The van der Waals surface area contributed by atoms with Crippen LogP contribution in [-0.4, -0.2) is 29.5 Å². The Labute approximate surface area is 123 Å². The number of urea groups is 1. The summed E-state index contributed by atoms with van der Waals surface area (Å²) in [7, 11) is 1.55. The van der Waals surface area contributed by atoms with Crippen LogP contribution in [0.3, 0.4) is 0 Å². The summed E-state index contributed by atoms with van der Waals surface area (Å²) in [6.07, 6.45) is 0. The van der Waals surface area contributed by atoms with Gasteiger partial charge >= 0.3 is 6.03 Å². The molecule has 0 saturated heterocycles. The summed E-state index contributed by atoms with van der Waals surface area (Å²) >= 11 is 1.60. The van der Waals surface area contributed by atoms with E-state index in [2.05, 4.69) is 36.7 Å². The van der Waals surface area contributed by atoms with Crippen LogP contribution in [0.5, 0.6) is 0 Å². The first-order chi connectivity index (χ1) is 9.30. The minimum Gasteiger partial charge on any atom is -0.341 e. The third kappa shape index (κ3) is 6.47. The number of rotatable bonds is 4. The molecule has 0 aromatic heterocycles. The summed E-state index contributed by atoms with van der Waals surface area (Å²) < 4.78 is 0.0681. The van der Waals surface area contributed by atoms with Crippen molar-refractivity contribution in [2.75, 3.05) is 23.4 Å². The van der Waals surface area contributed by atoms with Gasteiger partial charge in [-0.1, -0.05) is 20.8 Å². The van der Waals surface area contributed by atoms with Gasteiger partial charge in [-0.05, 0) is 24.3 Å². The van der Waals surface area contributed by atoms with E-state index in [1.165, 1.54) is 0 Å². The third-order valence-corrected chi connectivity index (χ3v) is 3.56. The van der Waals surface area contributed by atoms with Crippen LogP contribution < -0.4 is 16.0 Å². The molecule has 0 aliphatic rings. The molecule has 0 aliphatic heterocycles. The van der Waals surface area contributed by atoms with Crippen molar-refractivity contribution in [3.63, 3.8) is 0 Å². The Morgan fingerprint density at radius 3 is 2.00 bits per heavy atom. The predicted molar refractivity (Wildman–Crippen MR) is 85.4 cm³/mol. The van der Waals surface area contributed by atoms with Crippen LogP contribution in [0.25, 0.3) is 0 Å². The van der Waals surface area contributed by atoms with E-state index < -0.39 is 0 Å². The lowest BCUT2D eigenvalue weighted by molar-refractivity contribution is -0.113. The van der Waals surface area contributed by atoms with Crippen molar-refractivity contribution in [1.29, 1.82) is 0 Å². The van der Waals surface area contributed by atoms with Crippen LogP contribution in [0.4, 0.5) is 16.2 Å². The van der Waals surface area contributed by atoms with Gasteiger partial charge in [0.25, 0.3) is 0 Å². The lowest BCUT2D eigenvalue weighted by Crippen LogP contribution is -2.24. The minimum absolute atomic E-state index is 0.0306. The molecule has 110 valence electrons.